The normalized spacial score (nSPS) is 22.3. The van der Waals surface area contributed by atoms with Crippen molar-refractivity contribution in [1.82, 2.24) is 0 Å². The average Bonchev–Trinajstić information content (AvgIpc) is 3.21. The Morgan fingerprint density at radius 1 is 0.884 bits per heavy atom. The predicted octanol–water partition coefficient (Wildman–Crippen LogP) is 4.88. The van der Waals surface area contributed by atoms with Gasteiger partial charge in [-0.25, -0.2) is 4.57 Å². The lowest BCUT2D eigenvalue weighted by Crippen LogP contribution is -2.29. The van der Waals surface area contributed by atoms with Gasteiger partial charge < -0.3 is 34.6 Å². The van der Waals surface area contributed by atoms with Gasteiger partial charge in [-0.15, -0.1) is 0 Å². The van der Waals surface area contributed by atoms with Gasteiger partial charge >= 0.3 is 19.8 Å². The number of aliphatic hydroxyl groups is 3. The SMILES string of the molecule is CCCCCCCC(=O)OC[C@H](COP(=O)(O)O)OC(=O)CCC/C=C/C[C@@H]1[C@@H](/C=C/[C@@H](O)CCCCC)[C@H](O)C[C@@H]1O. The van der Waals surface area contributed by atoms with Crippen LogP contribution >= 0.6 is 7.82 Å². The van der Waals surface area contributed by atoms with Gasteiger partial charge in [-0.3, -0.25) is 14.1 Å². The summed E-state index contributed by atoms with van der Waals surface area (Å²) in [4.78, 5) is 42.3. The number of allylic oxidation sites excluding steroid dienone is 2. The summed E-state index contributed by atoms with van der Waals surface area (Å²) in [5.74, 6) is -1.51. The van der Waals surface area contributed by atoms with Crippen molar-refractivity contribution in [3.05, 3.63) is 24.3 Å². The largest absolute Gasteiger partial charge is 0.469 e. The molecule has 0 aliphatic heterocycles. The molecule has 11 nitrogen and oxygen atoms in total. The maximum atomic E-state index is 12.3. The number of esters is 2. The van der Waals surface area contributed by atoms with Crippen molar-refractivity contribution in [2.75, 3.05) is 13.2 Å². The molecule has 1 aliphatic rings. The summed E-state index contributed by atoms with van der Waals surface area (Å²) in [6.45, 7) is 3.23. The molecular weight excluding hydrogens is 579 g/mol. The minimum atomic E-state index is -4.80. The van der Waals surface area contributed by atoms with E-state index in [-0.39, 0.29) is 37.7 Å². The fourth-order valence-electron chi connectivity index (χ4n) is 5.07. The Morgan fingerprint density at radius 2 is 1.56 bits per heavy atom. The first-order valence-electron chi connectivity index (χ1n) is 15.9. The molecule has 12 heteroatoms. The van der Waals surface area contributed by atoms with Gasteiger partial charge in [-0.05, 0) is 38.0 Å². The fourth-order valence-corrected chi connectivity index (χ4v) is 5.43. The molecule has 250 valence electrons. The molecule has 0 aromatic rings. The van der Waals surface area contributed by atoms with Gasteiger partial charge in [0, 0.05) is 25.2 Å². The number of hydrogen-bond acceptors (Lipinski definition) is 9. The molecule has 0 saturated heterocycles. The molecule has 5 N–H and O–H groups in total. The van der Waals surface area contributed by atoms with Crippen LogP contribution in [0.4, 0.5) is 0 Å². The van der Waals surface area contributed by atoms with E-state index in [0.717, 1.165) is 44.9 Å². The van der Waals surface area contributed by atoms with E-state index in [0.29, 0.717) is 32.1 Å². The van der Waals surface area contributed by atoms with Crippen LogP contribution in [0.5, 0.6) is 0 Å². The van der Waals surface area contributed by atoms with Crippen LogP contribution in [0.3, 0.4) is 0 Å². The van der Waals surface area contributed by atoms with Gasteiger partial charge in [-0.1, -0.05) is 83.1 Å². The zero-order chi connectivity index (χ0) is 32.1. The van der Waals surface area contributed by atoms with Gasteiger partial charge in [0.25, 0.3) is 0 Å². The lowest BCUT2D eigenvalue weighted by atomic mass is 9.89. The van der Waals surface area contributed by atoms with Gasteiger partial charge in [-0.2, -0.15) is 0 Å². The Morgan fingerprint density at radius 3 is 2.26 bits per heavy atom. The highest BCUT2D eigenvalue weighted by atomic mass is 31.2. The van der Waals surface area contributed by atoms with Crippen molar-refractivity contribution in [3.63, 3.8) is 0 Å². The van der Waals surface area contributed by atoms with E-state index in [4.69, 9.17) is 19.3 Å². The summed E-state index contributed by atoms with van der Waals surface area (Å²) in [7, 11) is -4.80. The number of ether oxygens (including phenoxy) is 2. The van der Waals surface area contributed by atoms with Crippen LogP contribution < -0.4 is 0 Å². The van der Waals surface area contributed by atoms with Crippen LogP contribution in [-0.2, 0) is 28.2 Å². The van der Waals surface area contributed by atoms with E-state index < -0.39 is 50.8 Å². The highest BCUT2D eigenvalue weighted by molar-refractivity contribution is 7.46. The summed E-state index contributed by atoms with van der Waals surface area (Å²) in [6.07, 6.45) is 14.9. The number of hydrogen-bond donors (Lipinski definition) is 5. The third-order valence-electron chi connectivity index (χ3n) is 7.54. The fraction of sp³-hybridized carbons (Fsp3) is 0.806. The average molecular weight is 635 g/mol. The smallest absolute Gasteiger partial charge is 0.462 e. The predicted molar refractivity (Wildman–Crippen MR) is 163 cm³/mol. The minimum absolute atomic E-state index is 0.0359. The molecule has 0 spiro atoms. The van der Waals surface area contributed by atoms with Crippen molar-refractivity contribution in [1.29, 1.82) is 0 Å². The molecule has 0 heterocycles. The molecule has 6 atom stereocenters. The van der Waals surface area contributed by atoms with Gasteiger partial charge in [0.15, 0.2) is 6.10 Å². The number of carbonyl (C=O) groups excluding carboxylic acids is 2. The summed E-state index contributed by atoms with van der Waals surface area (Å²) < 4.78 is 26.0. The highest BCUT2D eigenvalue weighted by Gasteiger charge is 2.39. The second-order valence-corrected chi connectivity index (χ2v) is 12.6. The van der Waals surface area contributed by atoms with Crippen molar-refractivity contribution in [2.45, 2.75) is 135 Å². The van der Waals surface area contributed by atoms with Gasteiger partial charge in [0.2, 0.25) is 0 Å². The summed E-state index contributed by atoms with van der Waals surface area (Å²) in [5.41, 5.74) is 0. The molecule has 0 radical (unpaired) electrons. The quantitative estimate of drug-likeness (QED) is 0.0423. The molecular formula is C31H55O11P. The molecule has 1 fully saturated rings. The van der Waals surface area contributed by atoms with E-state index in [1.54, 1.807) is 6.08 Å². The lowest BCUT2D eigenvalue weighted by Gasteiger charge is -2.19. The highest BCUT2D eigenvalue weighted by Crippen LogP contribution is 2.37. The summed E-state index contributed by atoms with van der Waals surface area (Å²) in [6, 6.07) is 0. The Labute approximate surface area is 256 Å². The zero-order valence-corrected chi connectivity index (χ0v) is 26.8. The first-order valence-corrected chi connectivity index (χ1v) is 17.4. The van der Waals surface area contributed by atoms with E-state index in [1.807, 2.05) is 18.2 Å². The molecule has 1 aliphatic carbocycles. The second-order valence-electron chi connectivity index (χ2n) is 11.4. The van der Waals surface area contributed by atoms with Crippen LogP contribution in [0, 0.1) is 11.8 Å². The van der Waals surface area contributed by atoms with E-state index >= 15 is 0 Å². The number of unbranched alkanes of at least 4 members (excludes halogenated alkanes) is 7. The minimum Gasteiger partial charge on any atom is -0.462 e. The Bertz CT molecular complexity index is 872. The van der Waals surface area contributed by atoms with Crippen LogP contribution in [-0.4, -0.2) is 74.7 Å². The number of phosphoric acid groups is 1. The lowest BCUT2D eigenvalue weighted by molar-refractivity contribution is -0.161. The van der Waals surface area contributed by atoms with Crippen molar-refractivity contribution < 1.29 is 53.3 Å². The zero-order valence-electron chi connectivity index (χ0n) is 25.9. The second kappa shape index (κ2) is 22.8. The van der Waals surface area contributed by atoms with Crippen molar-refractivity contribution >= 4 is 19.8 Å². The van der Waals surface area contributed by atoms with Crippen LogP contribution in [0.1, 0.15) is 110 Å². The molecule has 0 unspecified atom stereocenters. The van der Waals surface area contributed by atoms with Gasteiger partial charge in [0.05, 0.1) is 24.9 Å². The molecule has 1 saturated carbocycles. The van der Waals surface area contributed by atoms with E-state index in [9.17, 15) is 29.5 Å². The van der Waals surface area contributed by atoms with Crippen LogP contribution in [0.15, 0.2) is 24.3 Å². The monoisotopic (exact) mass is 634 g/mol. The number of aliphatic hydroxyl groups excluding tert-OH is 3. The molecule has 0 aromatic heterocycles. The van der Waals surface area contributed by atoms with Crippen molar-refractivity contribution in [2.24, 2.45) is 11.8 Å². The first-order chi connectivity index (χ1) is 20.5. The van der Waals surface area contributed by atoms with Crippen molar-refractivity contribution in [3.8, 4) is 0 Å². The maximum absolute atomic E-state index is 12.3. The Balaban J connectivity index is 2.46. The molecule has 0 aromatic carbocycles. The number of rotatable bonds is 24. The Kier molecular flexibility index (Phi) is 21.0. The molecule has 0 bridgehead atoms. The number of phosphoric ester groups is 1. The summed E-state index contributed by atoms with van der Waals surface area (Å²) in [5, 5.41) is 31.0. The first kappa shape index (κ1) is 39.4. The number of carbonyl (C=O) groups is 2. The van der Waals surface area contributed by atoms with E-state index in [1.165, 1.54) is 0 Å². The van der Waals surface area contributed by atoms with Gasteiger partial charge in [0.1, 0.15) is 6.61 Å². The molecule has 43 heavy (non-hydrogen) atoms. The third kappa shape index (κ3) is 19.4. The third-order valence-corrected chi connectivity index (χ3v) is 8.03. The topological polar surface area (TPSA) is 180 Å². The standard InChI is InChI=1S/C31H55O11P/c1-3-5-7-8-13-17-30(35)40-22-25(23-41-43(37,38)39)42-31(36)18-14-10-9-12-16-26-27(29(34)21-28(26)33)20-19-24(32)15-11-6-4-2/h9,12,19-20,24-29,32-34H,3-8,10-11,13-18,21-23H2,1-2H3,(H2,37,38,39)/b12-9+,20-19+/t24-,25+,26+,27+,28-,29+/m0/s1. The van der Waals surface area contributed by atoms with Crippen LogP contribution in [0.25, 0.3) is 0 Å². The Hall–Kier alpha value is -1.59. The maximum Gasteiger partial charge on any atom is 0.469 e. The van der Waals surface area contributed by atoms with Crippen LogP contribution in [0.2, 0.25) is 0 Å². The molecule has 1 rings (SSSR count). The van der Waals surface area contributed by atoms with E-state index in [2.05, 4.69) is 18.4 Å². The summed E-state index contributed by atoms with van der Waals surface area (Å²) >= 11 is 0. The molecule has 0 amide bonds.